The van der Waals surface area contributed by atoms with E-state index in [0.717, 1.165) is 10.4 Å². The van der Waals surface area contributed by atoms with E-state index < -0.39 is 12.1 Å². The molecule has 170 valence electrons. The number of benzene rings is 1. The summed E-state index contributed by atoms with van der Waals surface area (Å²) in [4.78, 5) is 47.0. The number of likely N-dealkylation sites (tertiary alicyclic amines) is 1. The fraction of sp³-hybridized carbons (Fsp3) is 0.227. The van der Waals surface area contributed by atoms with Crippen LogP contribution in [0.15, 0.2) is 55.0 Å². The zero-order valence-electron chi connectivity index (χ0n) is 17.5. The van der Waals surface area contributed by atoms with Crippen molar-refractivity contribution in [3.8, 4) is 10.4 Å². The van der Waals surface area contributed by atoms with Crippen molar-refractivity contribution in [2.24, 2.45) is 0 Å². The molecular formula is C22H22N6O4S. The van der Waals surface area contributed by atoms with Gasteiger partial charge < -0.3 is 15.3 Å². The molecule has 3 heterocycles. The van der Waals surface area contributed by atoms with Crippen LogP contribution in [0.1, 0.15) is 23.2 Å². The molecule has 1 fully saturated rings. The molecule has 33 heavy (non-hydrogen) atoms. The SMILES string of the molecule is O=C(Nc1cnccn1)Nc1sc(-c2ccccc2)cc1C(=O)N[C@H]1CCCN(C(=O)O)C1. The summed E-state index contributed by atoms with van der Waals surface area (Å²) in [5.74, 6) is -0.0997. The van der Waals surface area contributed by atoms with Gasteiger partial charge in [0.05, 0.1) is 11.8 Å². The third kappa shape index (κ3) is 5.63. The van der Waals surface area contributed by atoms with Gasteiger partial charge in [0.25, 0.3) is 5.91 Å². The molecule has 0 spiro atoms. The monoisotopic (exact) mass is 466 g/mol. The number of rotatable bonds is 5. The summed E-state index contributed by atoms with van der Waals surface area (Å²) in [7, 11) is 0. The van der Waals surface area contributed by atoms with Crippen LogP contribution in [0.4, 0.5) is 20.4 Å². The van der Waals surface area contributed by atoms with Crippen LogP contribution in [0.3, 0.4) is 0 Å². The first kappa shape index (κ1) is 22.2. The average molecular weight is 467 g/mol. The van der Waals surface area contributed by atoms with Crippen LogP contribution in [0.2, 0.25) is 0 Å². The maximum Gasteiger partial charge on any atom is 0.407 e. The van der Waals surface area contributed by atoms with Gasteiger partial charge in [-0.15, -0.1) is 11.3 Å². The topological polar surface area (TPSA) is 137 Å². The molecule has 0 bridgehead atoms. The van der Waals surface area contributed by atoms with Crippen LogP contribution in [-0.4, -0.2) is 57.1 Å². The fourth-order valence-electron chi connectivity index (χ4n) is 3.54. The van der Waals surface area contributed by atoms with Gasteiger partial charge in [0.2, 0.25) is 0 Å². The summed E-state index contributed by atoms with van der Waals surface area (Å²) < 4.78 is 0. The molecule has 4 amide bonds. The van der Waals surface area contributed by atoms with Crippen LogP contribution in [0.25, 0.3) is 10.4 Å². The number of carbonyl (C=O) groups is 3. The number of nitrogens with one attached hydrogen (secondary N) is 3. The minimum absolute atomic E-state index is 0.229. The van der Waals surface area contributed by atoms with Gasteiger partial charge in [0, 0.05) is 36.4 Å². The minimum atomic E-state index is -1.00. The number of amides is 4. The number of nitrogens with zero attached hydrogens (tertiary/aromatic N) is 3. The highest BCUT2D eigenvalue weighted by molar-refractivity contribution is 7.20. The van der Waals surface area contributed by atoms with Gasteiger partial charge in [0.1, 0.15) is 5.00 Å². The number of anilines is 2. The molecule has 1 aliphatic heterocycles. The van der Waals surface area contributed by atoms with Gasteiger partial charge in [-0.25, -0.2) is 14.6 Å². The highest BCUT2D eigenvalue weighted by Crippen LogP contribution is 2.35. The third-order valence-electron chi connectivity index (χ3n) is 5.09. The molecule has 11 heteroatoms. The van der Waals surface area contributed by atoms with Gasteiger partial charge in [-0.1, -0.05) is 30.3 Å². The van der Waals surface area contributed by atoms with E-state index in [9.17, 15) is 19.5 Å². The summed E-state index contributed by atoms with van der Waals surface area (Å²) >= 11 is 1.27. The van der Waals surface area contributed by atoms with Gasteiger partial charge >= 0.3 is 12.1 Å². The lowest BCUT2D eigenvalue weighted by atomic mass is 10.1. The smallest absolute Gasteiger partial charge is 0.407 e. The lowest BCUT2D eigenvalue weighted by Gasteiger charge is -2.31. The quantitative estimate of drug-likeness (QED) is 0.452. The lowest BCUT2D eigenvalue weighted by Crippen LogP contribution is -2.49. The van der Waals surface area contributed by atoms with Crippen molar-refractivity contribution in [2.45, 2.75) is 18.9 Å². The van der Waals surface area contributed by atoms with Crippen molar-refractivity contribution in [3.05, 3.63) is 60.6 Å². The van der Waals surface area contributed by atoms with Crippen LogP contribution >= 0.6 is 11.3 Å². The van der Waals surface area contributed by atoms with Crippen molar-refractivity contribution < 1.29 is 19.5 Å². The number of hydrogen-bond donors (Lipinski definition) is 4. The Morgan fingerprint density at radius 2 is 1.94 bits per heavy atom. The predicted molar refractivity (Wildman–Crippen MR) is 125 cm³/mol. The molecule has 10 nitrogen and oxygen atoms in total. The first-order valence-corrected chi connectivity index (χ1v) is 11.1. The van der Waals surface area contributed by atoms with Crippen LogP contribution in [0, 0.1) is 0 Å². The van der Waals surface area contributed by atoms with Crippen molar-refractivity contribution in [2.75, 3.05) is 23.7 Å². The number of carbonyl (C=O) groups excluding carboxylic acids is 2. The van der Waals surface area contributed by atoms with Gasteiger partial charge in [-0.2, -0.15) is 0 Å². The Hall–Kier alpha value is -3.99. The Morgan fingerprint density at radius 3 is 2.67 bits per heavy atom. The zero-order chi connectivity index (χ0) is 23.2. The number of urea groups is 1. The standard InChI is InChI=1S/C22H22N6O4S/c29-19(25-15-7-4-10-28(13-15)22(31)32)16-11-17(14-5-2-1-3-6-14)33-20(16)27-21(30)26-18-12-23-8-9-24-18/h1-3,5-6,8-9,11-12,15H,4,7,10,13H2,(H,25,29)(H,31,32)(H2,24,26,27,30)/t15-/m0/s1. The molecule has 1 atom stereocenters. The Labute approximate surface area is 193 Å². The number of thiophene rings is 1. The summed E-state index contributed by atoms with van der Waals surface area (Å²) in [5, 5.41) is 17.9. The third-order valence-corrected chi connectivity index (χ3v) is 6.19. The summed E-state index contributed by atoms with van der Waals surface area (Å²) in [6.45, 7) is 0.681. The number of piperidine rings is 1. The van der Waals surface area contributed by atoms with Crippen molar-refractivity contribution in [1.82, 2.24) is 20.2 Å². The molecule has 1 aromatic carbocycles. The summed E-state index contributed by atoms with van der Waals surface area (Å²) in [5.41, 5.74) is 1.22. The number of hydrogen-bond acceptors (Lipinski definition) is 6. The Morgan fingerprint density at radius 1 is 1.12 bits per heavy atom. The highest BCUT2D eigenvalue weighted by atomic mass is 32.1. The van der Waals surface area contributed by atoms with E-state index in [1.54, 1.807) is 6.07 Å². The maximum atomic E-state index is 13.1. The molecule has 2 aromatic heterocycles. The van der Waals surface area contributed by atoms with Gasteiger partial charge in [0.15, 0.2) is 5.82 Å². The van der Waals surface area contributed by atoms with E-state index in [4.69, 9.17) is 0 Å². The van der Waals surface area contributed by atoms with E-state index in [1.807, 2.05) is 30.3 Å². The van der Waals surface area contributed by atoms with Gasteiger partial charge in [-0.05, 0) is 24.5 Å². The summed E-state index contributed by atoms with van der Waals surface area (Å²) in [6, 6.07) is 10.4. The van der Waals surface area contributed by atoms with Crippen LogP contribution in [0.5, 0.6) is 0 Å². The molecule has 1 aliphatic rings. The predicted octanol–water partition coefficient (Wildman–Crippen LogP) is 3.72. The number of carboxylic acid groups (broad SMARTS) is 1. The molecule has 0 saturated carbocycles. The largest absolute Gasteiger partial charge is 0.465 e. The Balaban J connectivity index is 1.54. The number of aromatic nitrogens is 2. The van der Waals surface area contributed by atoms with E-state index >= 15 is 0 Å². The fourth-order valence-corrected chi connectivity index (χ4v) is 4.60. The normalized spacial score (nSPS) is 15.5. The lowest BCUT2D eigenvalue weighted by molar-refractivity contribution is 0.0889. The van der Waals surface area contributed by atoms with Crippen molar-refractivity contribution >= 4 is 40.2 Å². The van der Waals surface area contributed by atoms with Crippen LogP contribution < -0.4 is 16.0 Å². The molecule has 4 N–H and O–H groups in total. The average Bonchev–Trinajstić information content (AvgIpc) is 3.24. The van der Waals surface area contributed by atoms with E-state index in [1.165, 1.54) is 34.8 Å². The van der Waals surface area contributed by atoms with E-state index in [0.29, 0.717) is 30.0 Å². The molecule has 3 aromatic rings. The molecule has 4 rings (SSSR count). The maximum absolute atomic E-state index is 13.1. The van der Waals surface area contributed by atoms with E-state index in [2.05, 4.69) is 25.9 Å². The van der Waals surface area contributed by atoms with Crippen LogP contribution in [-0.2, 0) is 0 Å². The molecule has 0 unspecified atom stereocenters. The second-order valence-electron chi connectivity index (χ2n) is 7.43. The minimum Gasteiger partial charge on any atom is -0.465 e. The molecular weight excluding hydrogens is 444 g/mol. The second-order valence-corrected chi connectivity index (χ2v) is 8.48. The van der Waals surface area contributed by atoms with Crippen molar-refractivity contribution in [3.63, 3.8) is 0 Å². The van der Waals surface area contributed by atoms with Gasteiger partial charge in [-0.3, -0.25) is 20.4 Å². The Kier molecular flexibility index (Phi) is 6.79. The highest BCUT2D eigenvalue weighted by Gasteiger charge is 2.26. The molecule has 0 radical (unpaired) electrons. The molecule has 0 aliphatic carbocycles. The zero-order valence-corrected chi connectivity index (χ0v) is 18.3. The first-order valence-electron chi connectivity index (χ1n) is 10.3. The summed E-state index contributed by atoms with van der Waals surface area (Å²) in [6.07, 6.45) is 4.71. The second kappa shape index (κ2) is 10.1. The van der Waals surface area contributed by atoms with Crippen molar-refractivity contribution in [1.29, 1.82) is 0 Å². The Bertz CT molecular complexity index is 1140. The molecule has 1 saturated heterocycles. The first-order chi connectivity index (χ1) is 16.0. The van der Waals surface area contributed by atoms with E-state index in [-0.39, 0.29) is 24.3 Å².